The summed E-state index contributed by atoms with van der Waals surface area (Å²) in [7, 11) is 3.07. The highest BCUT2D eigenvalue weighted by Crippen LogP contribution is 2.36. The average Bonchev–Trinajstić information content (AvgIpc) is 3.27. The highest BCUT2D eigenvalue weighted by molar-refractivity contribution is 7.22. The molecule has 0 aliphatic rings. The van der Waals surface area contributed by atoms with Crippen LogP contribution in [0.15, 0.2) is 60.7 Å². The second-order valence-electron chi connectivity index (χ2n) is 7.24. The lowest BCUT2D eigenvalue weighted by Crippen LogP contribution is -2.25. The van der Waals surface area contributed by atoms with Gasteiger partial charge in [-0.3, -0.25) is 10.1 Å². The van der Waals surface area contributed by atoms with Gasteiger partial charge in [0.05, 0.1) is 41.6 Å². The monoisotopic (exact) mass is 489 g/mol. The van der Waals surface area contributed by atoms with Crippen molar-refractivity contribution in [3.8, 4) is 23.3 Å². The van der Waals surface area contributed by atoms with E-state index in [1.165, 1.54) is 49.8 Å². The molecule has 35 heavy (non-hydrogen) atoms. The number of carbonyl (C=O) groups is 2. The summed E-state index contributed by atoms with van der Waals surface area (Å²) in [6, 6.07) is 17.7. The molecule has 9 nitrogen and oxygen atoms in total. The van der Waals surface area contributed by atoms with Gasteiger partial charge in [0.1, 0.15) is 5.75 Å². The van der Waals surface area contributed by atoms with Crippen molar-refractivity contribution in [2.45, 2.75) is 6.10 Å². The first-order chi connectivity index (χ1) is 16.9. The number of hydrogen-bond donors (Lipinski definition) is 2. The van der Waals surface area contributed by atoms with Gasteiger partial charge < -0.3 is 19.3 Å². The lowest BCUT2D eigenvalue weighted by molar-refractivity contribution is -0.123. The van der Waals surface area contributed by atoms with Crippen LogP contribution >= 0.6 is 11.3 Å². The molecular formula is C25H19N3O6S. The third kappa shape index (κ3) is 5.15. The number of carboxylic acid groups (broad SMARTS) is 1. The van der Waals surface area contributed by atoms with Crippen LogP contribution in [0.2, 0.25) is 0 Å². The van der Waals surface area contributed by atoms with Crippen LogP contribution in [0.4, 0.5) is 5.13 Å². The number of aromatic nitrogens is 1. The minimum absolute atomic E-state index is 0.0945. The molecule has 10 heteroatoms. The average molecular weight is 490 g/mol. The SMILES string of the molecule is COc1cc2nc(NC(=O)C(Oc3ccc(C(=O)O)cc3)c3ccc(C#N)cc3)sc2cc1OC. The number of benzene rings is 3. The molecule has 2 N–H and O–H groups in total. The van der Waals surface area contributed by atoms with Crippen molar-refractivity contribution in [1.82, 2.24) is 4.98 Å². The summed E-state index contributed by atoms with van der Waals surface area (Å²) in [5.41, 5.74) is 1.67. The second kappa shape index (κ2) is 10.1. The summed E-state index contributed by atoms with van der Waals surface area (Å²) in [6.45, 7) is 0. The Balaban J connectivity index is 1.63. The van der Waals surface area contributed by atoms with Crippen molar-refractivity contribution in [2.75, 3.05) is 19.5 Å². The zero-order valence-corrected chi connectivity index (χ0v) is 19.5. The Morgan fingerprint density at radius 2 is 1.69 bits per heavy atom. The fourth-order valence-corrected chi connectivity index (χ4v) is 4.18. The number of fused-ring (bicyclic) bond motifs is 1. The first kappa shape index (κ1) is 23.5. The van der Waals surface area contributed by atoms with Crippen molar-refractivity contribution in [2.24, 2.45) is 0 Å². The lowest BCUT2D eigenvalue weighted by Gasteiger charge is -2.18. The van der Waals surface area contributed by atoms with Gasteiger partial charge in [0, 0.05) is 17.7 Å². The Hall–Kier alpha value is -4.62. The number of nitrogens with one attached hydrogen (secondary N) is 1. The van der Waals surface area contributed by atoms with E-state index in [0.29, 0.717) is 39.0 Å². The van der Waals surface area contributed by atoms with Gasteiger partial charge in [-0.1, -0.05) is 23.5 Å². The van der Waals surface area contributed by atoms with Crippen LogP contribution in [0, 0.1) is 11.3 Å². The Morgan fingerprint density at radius 3 is 2.29 bits per heavy atom. The molecule has 0 aliphatic carbocycles. The Bertz CT molecular complexity index is 1380. The molecule has 0 saturated carbocycles. The topological polar surface area (TPSA) is 131 Å². The van der Waals surface area contributed by atoms with Crippen LogP contribution in [0.5, 0.6) is 17.2 Å². The van der Waals surface area contributed by atoms with Crippen LogP contribution in [-0.2, 0) is 4.79 Å². The number of nitriles is 1. The molecule has 3 aromatic carbocycles. The molecule has 0 radical (unpaired) electrons. The number of aromatic carboxylic acids is 1. The van der Waals surface area contributed by atoms with Crippen molar-refractivity contribution < 1.29 is 28.9 Å². The summed E-state index contributed by atoms with van der Waals surface area (Å²) < 4.78 is 17.4. The summed E-state index contributed by atoms with van der Waals surface area (Å²) in [5, 5.41) is 21.3. The molecule has 4 aromatic rings. The molecule has 0 saturated heterocycles. The van der Waals surface area contributed by atoms with Crippen molar-refractivity contribution in [1.29, 1.82) is 5.26 Å². The van der Waals surface area contributed by atoms with E-state index in [1.54, 1.807) is 36.4 Å². The second-order valence-corrected chi connectivity index (χ2v) is 8.28. The van der Waals surface area contributed by atoms with Crippen molar-refractivity contribution in [3.05, 3.63) is 77.4 Å². The molecule has 4 rings (SSSR count). The van der Waals surface area contributed by atoms with E-state index >= 15 is 0 Å². The first-order valence-electron chi connectivity index (χ1n) is 10.3. The molecule has 1 aromatic heterocycles. The van der Waals surface area contributed by atoms with Crippen LogP contribution in [0.3, 0.4) is 0 Å². The molecule has 1 unspecified atom stereocenters. The fourth-order valence-electron chi connectivity index (χ4n) is 3.30. The maximum Gasteiger partial charge on any atom is 0.335 e. The van der Waals surface area contributed by atoms with Crippen molar-refractivity contribution >= 4 is 38.6 Å². The van der Waals surface area contributed by atoms with Gasteiger partial charge in [-0.2, -0.15) is 5.26 Å². The molecule has 1 amide bonds. The van der Waals surface area contributed by atoms with E-state index in [0.717, 1.165) is 4.70 Å². The lowest BCUT2D eigenvalue weighted by atomic mass is 10.1. The number of amides is 1. The highest BCUT2D eigenvalue weighted by atomic mass is 32.1. The van der Waals surface area contributed by atoms with Gasteiger partial charge in [0.25, 0.3) is 5.91 Å². The summed E-state index contributed by atoms with van der Waals surface area (Å²) in [4.78, 5) is 28.9. The van der Waals surface area contributed by atoms with Crippen molar-refractivity contribution in [3.63, 3.8) is 0 Å². The first-order valence-corrected chi connectivity index (χ1v) is 11.1. The van der Waals surface area contributed by atoms with Crippen LogP contribution in [0.1, 0.15) is 27.6 Å². The van der Waals surface area contributed by atoms with Gasteiger partial charge >= 0.3 is 5.97 Å². The van der Waals surface area contributed by atoms with Gasteiger partial charge in [-0.25, -0.2) is 9.78 Å². The summed E-state index contributed by atoms with van der Waals surface area (Å²) in [6.07, 6.45) is -1.09. The quantitative estimate of drug-likeness (QED) is 0.366. The zero-order valence-electron chi connectivity index (χ0n) is 18.6. The molecule has 0 fully saturated rings. The largest absolute Gasteiger partial charge is 0.493 e. The van der Waals surface area contributed by atoms with Gasteiger partial charge in [0.15, 0.2) is 16.6 Å². The maximum atomic E-state index is 13.3. The molecular weight excluding hydrogens is 470 g/mol. The number of thiazole rings is 1. The Kier molecular flexibility index (Phi) is 6.80. The maximum absolute atomic E-state index is 13.3. The number of methoxy groups -OCH3 is 2. The van der Waals surface area contributed by atoms with E-state index in [4.69, 9.17) is 24.6 Å². The standard InChI is InChI=1S/C25H19N3O6S/c1-32-19-11-18-21(12-20(19)33-2)35-25(27-18)28-23(29)22(15-5-3-14(13-26)4-6-15)34-17-9-7-16(8-10-17)24(30)31/h3-12,22H,1-2H3,(H,30,31)(H,27,28,29). The molecule has 1 atom stereocenters. The third-order valence-electron chi connectivity index (χ3n) is 5.06. The summed E-state index contributed by atoms with van der Waals surface area (Å²) >= 11 is 1.26. The Morgan fingerprint density at radius 1 is 1.03 bits per heavy atom. The van der Waals surface area contributed by atoms with Gasteiger partial charge in [-0.15, -0.1) is 0 Å². The minimum atomic E-state index is -1.09. The molecule has 0 aliphatic heterocycles. The molecule has 176 valence electrons. The summed E-state index contributed by atoms with van der Waals surface area (Å²) in [5.74, 6) is -0.188. The predicted molar refractivity (Wildman–Crippen MR) is 129 cm³/mol. The fraction of sp³-hybridized carbons (Fsp3) is 0.120. The number of carboxylic acids is 1. The van der Waals surface area contributed by atoms with E-state index in [2.05, 4.69) is 10.3 Å². The Labute approximate surface area is 204 Å². The highest BCUT2D eigenvalue weighted by Gasteiger charge is 2.25. The number of carbonyl (C=O) groups excluding carboxylic acids is 1. The number of rotatable bonds is 8. The molecule has 0 bridgehead atoms. The molecule has 1 heterocycles. The van der Waals surface area contributed by atoms with Crippen LogP contribution in [-0.4, -0.2) is 36.2 Å². The minimum Gasteiger partial charge on any atom is -0.493 e. The number of anilines is 1. The normalized spacial score (nSPS) is 11.3. The van der Waals surface area contributed by atoms with Crippen LogP contribution < -0.4 is 19.5 Å². The van der Waals surface area contributed by atoms with E-state index < -0.39 is 18.0 Å². The predicted octanol–water partition coefficient (Wildman–Crippen LogP) is 4.64. The van der Waals surface area contributed by atoms with Gasteiger partial charge in [0.2, 0.25) is 6.10 Å². The number of ether oxygens (including phenoxy) is 3. The number of nitrogens with zero attached hydrogens (tertiary/aromatic N) is 2. The van der Waals surface area contributed by atoms with E-state index in [-0.39, 0.29) is 5.56 Å². The number of hydrogen-bond acceptors (Lipinski definition) is 8. The smallest absolute Gasteiger partial charge is 0.335 e. The van der Waals surface area contributed by atoms with Crippen LogP contribution in [0.25, 0.3) is 10.2 Å². The zero-order chi connectivity index (χ0) is 24.9. The van der Waals surface area contributed by atoms with Gasteiger partial charge in [-0.05, 0) is 36.4 Å². The molecule has 0 spiro atoms. The van der Waals surface area contributed by atoms with E-state index in [1.807, 2.05) is 6.07 Å². The third-order valence-corrected chi connectivity index (χ3v) is 5.99. The van der Waals surface area contributed by atoms with E-state index in [9.17, 15) is 9.59 Å².